The smallest absolute Gasteiger partial charge is 0.0752 e. The number of hydrogen-bond acceptors (Lipinski definition) is 1. The van der Waals surface area contributed by atoms with Gasteiger partial charge < -0.3 is 5.32 Å². The van der Waals surface area contributed by atoms with Gasteiger partial charge in [-0.2, -0.15) is 0 Å². The lowest BCUT2D eigenvalue weighted by Gasteiger charge is -2.28. The van der Waals surface area contributed by atoms with Gasteiger partial charge in [-0.25, -0.2) is 0 Å². The van der Waals surface area contributed by atoms with Gasteiger partial charge in [-0.1, -0.05) is 43.8 Å². The molecule has 0 bridgehead atoms. The zero-order valence-corrected chi connectivity index (χ0v) is 13.7. The predicted molar refractivity (Wildman–Crippen MR) is 81.1 cm³/mol. The second-order valence-electron chi connectivity index (χ2n) is 6.34. The van der Waals surface area contributed by atoms with Crippen molar-refractivity contribution in [3.05, 3.63) is 21.9 Å². The Labute approximate surface area is 108 Å². The molecule has 1 atom stereocenters. The molecule has 0 aromatic carbocycles. The third kappa shape index (κ3) is 3.11. The Balaban J connectivity index is 2.93. The van der Waals surface area contributed by atoms with E-state index in [2.05, 4.69) is 52.7 Å². The number of nitrogens with one attached hydrogen (secondary N) is 1. The van der Waals surface area contributed by atoms with Crippen LogP contribution >= 0.6 is 0 Å². The molecule has 1 aliphatic carbocycles. The fraction of sp³-hybridized carbons (Fsp3) is 0.733. The Morgan fingerprint density at radius 1 is 1.06 bits per heavy atom. The lowest BCUT2D eigenvalue weighted by atomic mass is 10.1. The summed E-state index contributed by atoms with van der Waals surface area (Å²) < 4.78 is 0. The minimum atomic E-state index is -1.22. The largest absolute Gasteiger partial charge is 0.307 e. The van der Waals surface area contributed by atoms with E-state index in [0.717, 1.165) is 6.54 Å². The molecule has 0 aromatic heterocycles. The van der Waals surface area contributed by atoms with Crippen LogP contribution in [-0.4, -0.2) is 20.7 Å². The summed E-state index contributed by atoms with van der Waals surface area (Å²) in [5.41, 5.74) is 4.64. The summed E-state index contributed by atoms with van der Waals surface area (Å²) in [5, 5.41) is 5.49. The molecular formula is C15H29NSi. The van der Waals surface area contributed by atoms with Crippen molar-refractivity contribution in [2.45, 2.75) is 66.2 Å². The number of allylic oxidation sites excluding steroid dienone is 2. The molecule has 0 spiro atoms. The maximum atomic E-state index is 3.77. The van der Waals surface area contributed by atoms with Crippen LogP contribution in [0.15, 0.2) is 21.9 Å². The molecule has 0 amide bonds. The van der Waals surface area contributed by atoms with Crippen LogP contribution in [0, 0.1) is 0 Å². The Bertz CT molecular complexity index is 344. The van der Waals surface area contributed by atoms with E-state index in [-0.39, 0.29) is 0 Å². The summed E-state index contributed by atoms with van der Waals surface area (Å²) in [5.74, 6) is 0. The van der Waals surface area contributed by atoms with Gasteiger partial charge in [-0.15, -0.1) is 0 Å². The van der Waals surface area contributed by atoms with Crippen LogP contribution in [0.2, 0.25) is 19.6 Å². The van der Waals surface area contributed by atoms with Crippen molar-refractivity contribution in [3.8, 4) is 0 Å². The summed E-state index contributed by atoms with van der Waals surface area (Å²) in [6, 6.07) is 0.535. The molecule has 1 rings (SSSR count). The highest BCUT2D eigenvalue weighted by atomic mass is 28.3. The molecule has 0 fully saturated rings. The Hall–Kier alpha value is -0.343. The van der Waals surface area contributed by atoms with E-state index in [0.29, 0.717) is 6.04 Å². The van der Waals surface area contributed by atoms with Gasteiger partial charge in [-0.3, -0.25) is 0 Å². The van der Waals surface area contributed by atoms with Crippen molar-refractivity contribution in [2.75, 3.05) is 6.54 Å². The molecule has 17 heavy (non-hydrogen) atoms. The van der Waals surface area contributed by atoms with Crippen molar-refractivity contribution >= 4 is 8.07 Å². The maximum Gasteiger partial charge on any atom is 0.0752 e. The average Bonchev–Trinajstić information content (AvgIpc) is 2.43. The third-order valence-electron chi connectivity index (χ3n) is 3.97. The minimum absolute atomic E-state index is 0.535. The SMILES string of the molecule is CCCCNC1C(C)=C(C)C(C)=C1[Si](C)(C)C. The predicted octanol–water partition coefficient (Wildman–Crippen LogP) is 4.29. The monoisotopic (exact) mass is 251 g/mol. The molecule has 0 aliphatic heterocycles. The first-order valence-corrected chi connectivity index (χ1v) is 10.4. The van der Waals surface area contributed by atoms with E-state index in [1.165, 1.54) is 18.4 Å². The van der Waals surface area contributed by atoms with Crippen LogP contribution in [0.1, 0.15) is 40.5 Å². The molecule has 98 valence electrons. The first-order valence-electron chi connectivity index (χ1n) is 6.93. The molecule has 0 aromatic rings. The summed E-state index contributed by atoms with van der Waals surface area (Å²) in [7, 11) is -1.22. The van der Waals surface area contributed by atoms with Gasteiger partial charge in [0.05, 0.1) is 8.07 Å². The van der Waals surface area contributed by atoms with Crippen LogP contribution in [0.25, 0.3) is 0 Å². The zero-order chi connectivity index (χ0) is 13.2. The first-order chi connectivity index (χ1) is 7.80. The molecule has 0 saturated carbocycles. The molecule has 1 N–H and O–H groups in total. The molecule has 0 heterocycles. The number of hydrogen-bond donors (Lipinski definition) is 1. The Morgan fingerprint density at radius 2 is 1.65 bits per heavy atom. The lowest BCUT2D eigenvalue weighted by molar-refractivity contribution is 0.609. The summed E-state index contributed by atoms with van der Waals surface area (Å²) in [6.07, 6.45) is 2.55. The molecule has 1 aliphatic rings. The highest BCUT2D eigenvalue weighted by Crippen LogP contribution is 2.37. The second-order valence-corrected chi connectivity index (χ2v) is 11.4. The average molecular weight is 251 g/mol. The molecule has 1 unspecified atom stereocenters. The van der Waals surface area contributed by atoms with Crippen molar-refractivity contribution in [3.63, 3.8) is 0 Å². The van der Waals surface area contributed by atoms with Crippen LogP contribution in [0.3, 0.4) is 0 Å². The van der Waals surface area contributed by atoms with Gasteiger partial charge >= 0.3 is 0 Å². The van der Waals surface area contributed by atoms with Crippen molar-refractivity contribution in [1.82, 2.24) is 5.32 Å². The van der Waals surface area contributed by atoms with Gasteiger partial charge in [0, 0.05) is 6.04 Å². The van der Waals surface area contributed by atoms with Crippen LogP contribution in [0.4, 0.5) is 0 Å². The Kier molecular flexibility index (Phi) is 4.79. The van der Waals surface area contributed by atoms with E-state index < -0.39 is 8.07 Å². The van der Waals surface area contributed by atoms with Gasteiger partial charge in [0.2, 0.25) is 0 Å². The van der Waals surface area contributed by atoms with Crippen LogP contribution in [0.5, 0.6) is 0 Å². The Morgan fingerprint density at radius 3 is 2.12 bits per heavy atom. The van der Waals surface area contributed by atoms with E-state index in [1.807, 2.05) is 0 Å². The van der Waals surface area contributed by atoms with Gasteiger partial charge in [0.1, 0.15) is 0 Å². The molecule has 1 nitrogen and oxygen atoms in total. The van der Waals surface area contributed by atoms with E-state index >= 15 is 0 Å². The molecule has 0 saturated heterocycles. The second kappa shape index (κ2) is 5.53. The highest BCUT2D eigenvalue weighted by molar-refractivity contribution is 6.83. The minimum Gasteiger partial charge on any atom is -0.307 e. The summed E-state index contributed by atoms with van der Waals surface area (Å²) in [4.78, 5) is 0. The first kappa shape index (κ1) is 14.7. The fourth-order valence-electron chi connectivity index (χ4n) is 2.82. The fourth-order valence-corrected chi connectivity index (χ4v) is 5.32. The van der Waals surface area contributed by atoms with Crippen molar-refractivity contribution in [1.29, 1.82) is 0 Å². The zero-order valence-electron chi connectivity index (χ0n) is 12.7. The maximum absolute atomic E-state index is 3.77. The van der Waals surface area contributed by atoms with E-state index in [1.54, 1.807) is 16.3 Å². The standard InChI is InChI=1S/C15H29NSi/c1-8-9-10-16-14-12(3)11(2)13(4)15(14)17(5,6)7/h14,16H,8-10H2,1-7H3. The van der Waals surface area contributed by atoms with Crippen molar-refractivity contribution in [2.24, 2.45) is 0 Å². The molecule has 0 radical (unpaired) electrons. The van der Waals surface area contributed by atoms with Crippen LogP contribution in [-0.2, 0) is 0 Å². The van der Waals surface area contributed by atoms with Gasteiger partial charge in [0.15, 0.2) is 0 Å². The van der Waals surface area contributed by atoms with Crippen molar-refractivity contribution < 1.29 is 0 Å². The third-order valence-corrected chi connectivity index (χ3v) is 6.25. The van der Waals surface area contributed by atoms with E-state index in [4.69, 9.17) is 0 Å². The lowest BCUT2D eigenvalue weighted by Crippen LogP contribution is -2.40. The van der Waals surface area contributed by atoms with Gasteiger partial charge in [-0.05, 0) is 44.9 Å². The summed E-state index contributed by atoms with van der Waals surface area (Å²) in [6.45, 7) is 17.7. The highest BCUT2D eigenvalue weighted by Gasteiger charge is 2.34. The topological polar surface area (TPSA) is 12.0 Å². The quantitative estimate of drug-likeness (QED) is 0.568. The molecule has 2 heteroatoms. The normalized spacial score (nSPS) is 21.7. The van der Waals surface area contributed by atoms with Crippen LogP contribution < -0.4 is 5.32 Å². The number of rotatable bonds is 5. The number of unbranched alkanes of at least 4 members (excludes halogenated alkanes) is 1. The van der Waals surface area contributed by atoms with E-state index in [9.17, 15) is 0 Å². The van der Waals surface area contributed by atoms with Gasteiger partial charge in [0.25, 0.3) is 0 Å². The molecular weight excluding hydrogens is 222 g/mol. The summed E-state index contributed by atoms with van der Waals surface area (Å²) >= 11 is 0.